The molecule has 0 heterocycles. The Labute approximate surface area is 125 Å². The molecule has 0 spiro atoms. The second-order valence-electron chi connectivity index (χ2n) is 4.75. The third-order valence-electron chi connectivity index (χ3n) is 2.85. The van der Waals surface area contributed by atoms with Gasteiger partial charge in [0.15, 0.2) is 0 Å². The maximum Gasteiger partial charge on any atom is 0.305 e. The van der Waals surface area contributed by atoms with Crippen LogP contribution in [0.4, 0.5) is 0 Å². The Hall–Kier alpha value is -2.10. The minimum atomic E-state index is -0.987. The molecule has 0 fully saturated rings. The smallest absolute Gasteiger partial charge is 0.305 e. The third-order valence-corrected chi connectivity index (χ3v) is 2.85. The van der Waals surface area contributed by atoms with Crippen molar-refractivity contribution < 1.29 is 19.1 Å². The second kappa shape index (κ2) is 8.95. The fourth-order valence-electron chi connectivity index (χ4n) is 1.90. The molecule has 0 aliphatic rings. The van der Waals surface area contributed by atoms with Crippen LogP contribution < -0.4 is 0 Å². The summed E-state index contributed by atoms with van der Waals surface area (Å²) in [5.41, 5.74) is 2.26. The Morgan fingerprint density at radius 1 is 1.14 bits per heavy atom. The molecule has 0 aromatic heterocycles. The van der Waals surface area contributed by atoms with Crippen molar-refractivity contribution in [2.24, 2.45) is 0 Å². The largest absolute Gasteiger partial charge is 0.421 e. The fraction of sp³-hybridized carbons (Fsp3) is 0.412. The van der Waals surface area contributed by atoms with Gasteiger partial charge >= 0.3 is 11.9 Å². The summed E-state index contributed by atoms with van der Waals surface area (Å²) in [5.74, 6) is -0.990. The monoisotopic (exact) mass is 290 g/mol. The summed E-state index contributed by atoms with van der Waals surface area (Å²) < 4.78 is 9.87. The van der Waals surface area contributed by atoms with Gasteiger partial charge in [0.2, 0.25) is 0 Å². The molecule has 114 valence electrons. The molecule has 0 unspecified atom stereocenters. The van der Waals surface area contributed by atoms with Gasteiger partial charge in [0.1, 0.15) is 0 Å². The first-order valence-corrected chi connectivity index (χ1v) is 7.13. The summed E-state index contributed by atoms with van der Waals surface area (Å²) in [6, 6.07) is 8.00. The van der Waals surface area contributed by atoms with Crippen LogP contribution in [-0.2, 0) is 25.5 Å². The molecule has 1 rings (SSSR count). The highest BCUT2D eigenvalue weighted by Crippen LogP contribution is 2.15. The van der Waals surface area contributed by atoms with Gasteiger partial charge in [0, 0.05) is 13.8 Å². The normalized spacial score (nSPS) is 10.9. The molecule has 0 saturated carbocycles. The number of ether oxygens (including phenoxy) is 2. The van der Waals surface area contributed by atoms with E-state index in [2.05, 4.69) is 13.0 Å². The van der Waals surface area contributed by atoms with Crippen molar-refractivity contribution in [3.05, 3.63) is 41.5 Å². The lowest BCUT2D eigenvalue weighted by Gasteiger charge is -2.13. The van der Waals surface area contributed by atoms with Crippen molar-refractivity contribution in [1.29, 1.82) is 0 Å². The van der Waals surface area contributed by atoms with Crippen LogP contribution in [0.15, 0.2) is 30.3 Å². The highest BCUT2D eigenvalue weighted by Gasteiger charge is 2.11. The van der Waals surface area contributed by atoms with Crippen molar-refractivity contribution in [2.45, 2.75) is 46.3 Å². The molecule has 0 atom stereocenters. The minimum absolute atomic E-state index is 0.495. The number of hydrogen-bond acceptors (Lipinski definition) is 4. The van der Waals surface area contributed by atoms with E-state index in [1.54, 1.807) is 6.08 Å². The molecule has 0 bridgehead atoms. The Bertz CT molecular complexity index is 489. The van der Waals surface area contributed by atoms with Gasteiger partial charge in [-0.05, 0) is 30.0 Å². The number of unbranched alkanes of at least 4 members (excludes halogenated alkanes) is 1. The van der Waals surface area contributed by atoms with E-state index in [1.807, 2.05) is 24.3 Å². The lowest BCUT2D eigenvalue weighted by Crippen LogP contribution is -2.20. The maximum absolute atomic E-state index is 11.0. The minimum Gasteiger partial charge on any atom is -0.421 e. The first kappa shape index (κ1) is 17.0. The second-order valence-corrected chi connectivity index (χ2v) is 4.75. The van der Waals surface area contributed by atoms with Crippen LogP contribution in [0, 0.1) is 0 Å². The Balaban J connectivity index is 2.84. The molecule has 0 aliphatic carbocycles. The molecule has 1 aromatic carbocycles. The van der Waals surface area contributed by atoms with Crippen LogP contribution in [0.3, 0.4) is 0 Å². The number of carbonyl (C=O) groups excluding carboxylic acids is 2. The highest BCUT2D eigenvalue weighted by molar-refractivity contribution is 5.69. The van der Waals surface area contributed by atoms with Crippen molar-refractivity contribution in [3.8, 4) is 0 Å². The molecule has 0 amide bonds. The van der Waals surface area contributed by atoms with E-state index in [0.717, 1.165) is 24.8 Å². The Morgan fingerprint density at radius 3 is 2.33 bits per heavy atom. The third kappa shape index (κ3) is 6.75. The van der Waals surface area contributed by atoms with E-state index >= 15 is 0 Å². The van der Waals surface area contributed by atoms with Crippen molar-refractivity contribution in [2.75, 3.05) is 0 Å². The summed E-state index contributed by atoms with van der Waals surface area (Å²) in [6.45, 7) is 4.70. The first-order chi connectivity index (χ1) is 10.0. The van der Waals surface area contributed by atoms with Crippen LogP contribution in [0.25, 0.3) is 6.08 Å². The van der Waals surface area contributed by atoms with Crippen LogP contribution in [-0.4, -0.2) is 18.2 Å². The zero-order valence-electron chi connectivity index (χ0n) is 12.8. The molecule has 4 heteroatoms. The summed E-state index contributed by atoms with van der Waals surface area (Å²) in [7, 11) is 0. The van der Waals surface area contributed by atoms with E-state index in [4.69, 9.17) is 9.47 Å². The molecule has 1 aromatic rings. The Morgan fingerprint density at radius 2 is 1.76 bits per heavy atom. The highest BCUT2D eigenvalue weighted by atomic mass is 16.7. The average molecular weight is 290 g/mol. The standard InChI is InChI=1S/C17H22O4/c1-4-5-8-15-9-6-7-10-16(15)11-12-17(20-13(2)18)21-14(3)19/h6-7,9-12,17H,4-5,8H2,1-3H3/b12-11+. The van der Waals surface area contributed by atoms with Gasteiger partial charge in [-0.3, -0.25) is 9.59 Å². The van der Waals surface area contributed by atoms with Crippen LogP contribution >= 0.6 is 0 Å². The van der Waals surface area contributed by atoms with E-state index < -0.39 is 18.2 Å². The predicted octanol–water partition coefficient (Wildman–Crippen LogP) is 3.49. The molecule has 0 saturated heterocycles. The van der Waals surface area contributed by atoms with Gasteiger partial charge in [0.05, 0.1) is 0 Å². The van der Waals surface area contributed by atoms with E-state index in [-0.39, 0.29) is 0 Å². The van der Waals surface area contributed by atoms with Gasteiger partial charge in [-0.2, -0.15) is 0 Å². The van der Waals surface area contributed by atoms with E-state index in [0.29, 0.717) is 0 Å². The van der Waals surface area contributed by atoms with Crippen LogP contribution in [0.5, 0.6) is 0 Å². The maximum atomic E-state index is 11.0. The van der Waals surface area contributed by atoms with E-state index in [9.17, 15) is 9.59 Å². The fourth-order valence-corrected chi connectivity index (χ4v) is 1.90. The number of carbonyl (C=O) groups is 2. The zero-order chi connectivity index (χ0) is 15.7. The van der Waals surface area contributed by atoms with E-state index in [1.165, 1.54) is 19.4 Å². The summed E-state index contributed by atoms with van der Waals surface area (Å²) in [5, 5.41) is 0. The number of rotatable bonds is 7. The molecule has 21 heavy (non-hydrogen) atoms. The molecular weight excluding hydrogens is 268 g/mol. The number of hydrogen-bond donors (Lipinski definition) is 0. The van der Waals surface area contributed by atoms with Gasteiger partial charge in [-0.25, -0.2) is 0 Å². The summed E-state index contributed by atoms with van der Waals surface area (Å²) in [4.78, 5) is 22.0. The molecule has 4 nitrogen and oxygen atoms in total. The number of benzene rings is 1. The van der Waals surface area contributed by atoms with Crippen molar-refractivity contribution in [1.82, 2.24) is 0 Å². The lowest BCUT2D eigenvalue weighted by molar-refractivity contribution is -0.176. The number of esters is 2. The van der Waals surface area contributed by atoms with Gasteiger partial charge in [-0.1, -0.05) is 43.7 Å². The first-order valence-electron chi connectivity index (χ1n) is 7.13. The van der Waals surface area contributed by atoms with Gasteiger partial charge < -0.3 is 9.47 Å². The summed E-state index contributed by atoms with van der Waals surface area (Å²) in [6.07, 6.45) is 5.64. The molecule has 0 N–H and O–H groups in total. The zero-order valence-corrected chi connectivity index (χ0v) is 12.8. The van der Waals surface area contributed by atoms with Crippen LogP contribution in [0.2, 0.25) is 0 Å². The van der Waals surface area contributed by atoms with Crippen molar-refractivity contribution in [3.63, 3.8) is 0 Å². The molecular formula is C17H22O4. The van der Waals surface area contributed by atoms with Crippen molar-refractivity contribution >= 4 is 18.0 Å². The summed E-state index contributed by atoms with van der Waals surface area (Å²) >= 11 is 0. The quantitative estimate of drug-likeness (QED) is 0.569. The predicted molar refractivity (Wildman–Crippen MR) is 81.4 cm³/mol. The van der Waals surface area contributed by atoms with Crippen LogP contribution in [0.1, 0.15) is 44.7 Å². The topological polar surface area (TPSA) is 52.6 Å². The number of aryl methyl sites for hydroxylation is 1. The SMILES string of the molecule is CCCCc1ccccc1/C=C/C(OC(C)=O)OC(C)=O. The molecule has 0 radical (unpaired) electrons. The van der Waals surface area contributed by atoms with Gasteiger partial charge in [0.25, 0.3) is 6.29 Å². The molecule has 0 aliphatic heterocycles. The van der Waals surface area contributed by atoms with Gasteiger partial charge in [-0.15, -0.1) is 0 Å². The lowest BCUT2D eigenvalue weighted by atomic mass is 10.0. The Kier molecular flexibility index (Phi) is 7.23. The average Bonchev–Trinajstić information content (AvgIpc) is 2.42.